The highest BCUT2D eigenvalue weighted by atomic mass is 35.5. The molecule has 26 heavy (non-hydrogen) atoms. The molecule has 2 aromatic carbocycles. The molecular weight excluding hydrogens is 382 g/mol. The zero-order chi connectivity index (χ0) is 18.4. The van der Waals surface area contributed by atoms with E-state index in [4.69, 9.17) is 11.6 Å². The van der Waals surface area contributed by atoms with Gasteiger partial charge >= 0.3 is 0 Å². The van der Waals surface area contributed by atoms with Gasteiger partial charge in [-0.15, -0.1) is 23.5 Å². The number of hydrogen-bond donors (Lipinski definition) is 0. The Hall–Kier alpha value is -1.75. The zero-order valence-electron chi connectivity index (χ0n) is 14.3. The highest BCUT2D eigenvalue weighted by molar-refractivity contribution is 7.98. The van der Waals surface area contributed by atoms with Crippen molar-refractivity contribution < 1.29 is 4.79 Å². The van der Waals surface area contributed by atoms with Crippen molar-refractivity contribution in [3.05, 3.63) is 88.7 Å². The Morgan fingerprint density at radius 1 is 1.04 bits per heavy atom. The van der Waals surface area contributed by atoms with Crippen LogP contribution in [0.15, 0.2) is 76.7 Å². The van der Waals surface area contributed by atoms with E-state index in [1.165, 1.54) is 10.5 Å². The number of thioether (sulfide) groups is 2. The molecule has 5 heteroatoms. The molecule has 0 saturated carbocycles. The molecule has 0 radical (unpaired) electrons. The van der Waals surface area contributed by atoms with Gasteiger partial charge in [-0.05, 0) is 48.2 Å². The Kier molecular flexibility index (Phi) is 6.78. The number of carbonyl (C=O) groups excluding carboxylic acids is 1. The highest BCUT2D eigenvalue weighted by Crippen LogP contribution is 2.25. The predicted molar refractivity (Wildman–Crippen MR) is 112 cm³/mol. The summed E-state index contributed by atoms with van der Waals surface area (Å²) in [5.41, 5.74) is 2.71. The van der Waals surface area contributed by atoms with Crippen molar-refractivity contribution in [3.63, 3.8) is 0 Å². The number of aromatic nitrogens is 1. The summed E-state index contributed by atoms with van der Waals surface area (Å²) in [7, 11) is 0. The van der Waals surface area contributed by atoms with Crippen LogP contribution in [0.3, 0.4) is 0 Å². The second kappa shape index (κ2) is 9.26. The Labute approximate surface area is 167 Å². The molecule has 0 fully saturated rings. The average Bonchev–Trinajstić information content (AvgIpc) is 2.69. The van der Waals surface area contributed by atoms with Crippen molar-refractivity contribution in [3.8, 4) is 0 Å². The van der Waals surface area contributed by atoms with E-state index in [-0.39, 0.29) is 12.2 Å². The van der Waals surface area contributed by atoms with E-state index >= 15 is 0 Å². The smallest absolute Gasteiger partial charge is 0.168 e. The summed E-state index contributed by atoms with van der Waals surface area (Å²) in [5, 5.41) is 0.574. The first-order valence-corrected chi connectivity index (χ1v) is 10.7. The quantitative estimate of drug-likeness (QED) is 0.350. The molecule has 0 aliphatic heterocycles. The number of pyridine rings is 1. The van der Waals surface area contributed by atoms with Gasteiger partial charge in [0.05, 0.1) is 11.4 Å². The zero-order valence-corrected chi connectivity index (χ0v) is 16.7. The Morgan fingerprint density at radius 3 is 2.54 bits per heavy atom. The van der Waals surface area contributed by atoms with Crippen LogP contribution in [0.4, 0.5) is 0 Å². The van der Waals surface area contributed by atoms with Crippen LogP contribution in [-0.2, 0) is 12.2 Å². The minimum Gasteiger partial charge on any atom is -0.294 e. The summed E-state index contributed by atoms with van der Waals surface area (Å²) in [6.45, 7) is 0. The molecule has 3 rings (SSSR count). The van der Waals surface area contributed by atoms with Crippen molar-refractivity contribution >= 4 is 40.9 Å². The van der Waals surface area contributed by atoms with Gasteiger partial charge in [-0.25, -0.2) is 0 Å². The third-order valence-electron chi connectivity index (χ3n) is 3.85. The van der Waals surface area contributed by atoms with Crippen LogP contribution in [0.25, 0.3) is 0 Å². The van der Waals surface area contributed by atoms with E-state index in [0.717, 1.165) is 16.3 Å². The number of hydrogen-bond acceptors (Lipinski definition) is 4. The van der Waals surface area contributed by atoms with Gasteiger partial charge in [0.25, 0.3) is 0 Å². The first-order valence-electron chi connectivity index (χ1n) is 8.13. The van der Waals surface area contributed by atoms with Crippen molar-refractivity contribution in [2.45, 2.75) is 22.0 Å². The van der Waals surface area contributed by atoms with Crippen molar-refractivity contribution in [1.82, 2.24) is 4.98 Å². The van der Waals surface area contributed by atoms with Crippen LogP contribution in [0.1, 0.15) is 21.6 Å². The third kappa shape index (κ3) is 5.37. The van der Waals surface area contributed by atoms with E-state index in [1.807, 2.05) is 24.3 Å². The molecule has 0 N–H and O–H groups in total. The van der Waals surface area contributed by atoms with Crippen LogP contribution in [0, 0.1) is 0 Å². The first-order chi connectivity index (χ1) is 12.6. The van der Waals surface area contributed by atoms with Crippen molar-refractivity contribution in [2.24, 2.45) is 0 Å². The molecule has 1 heterocycles. The third-order valence-corrected chi connectivity index (χ3v) is 5.88. The maximum Gasteiger partial charge on any atom is 0.168 e. The number of halogens is 1. The maximum absolute atomic E-state index is 12.5. The second-order valence-corrected chi connectivity index (χ2v) is 8.10. The fraction of sp³-hybridized carbons (Fsp3) is 0.143. The monoisotopic (exact) mass is 399 g/mol. The lowest BCUT2D eigenvalue weighted by molar-refractivity contribution is 0.0991. The Bertz CT molecular complexity index is 879. The number of carbonyl (C=O) groups is 1. The summed E-state index contributed by atoms with van der Waals surface area (Å²) in [6.07, 6.45) is 3.92. The summed E-state index contributed by atoms with van der Waals surface area (Å²) < 4.78 is 0. The lowest BCUT2D eigenvalue weighted by atomic mass is 10.1. The summed E-state index contributed by atoms with van der Waals surface area (Å²) in [4.78, 5) is 19.1. The fourth-order valence-electron chi connectivity index (χ4n) is 2.43. The lowest BCUT2D eigenvalue weighted by Crippen LogP contribution is -2.05. The van der Waals surface area contributed by atoms with Gasteiger partial charge in [-0.3, -0.25) is 9.78 Å². The van der Waals surface area contributed by atoms with Gasteiger partial charge in [0.15, 0.2) is 5.78 Å². The molecular formula is C21H18ClNOS2. The number of Topliss-reactive ketones (excluding diaryl/α,β-unsaturated/α-hetero) is 1. The van der Waals surface area contributed by atoms with Crippen molar-refractivity contribution in [2.75, 3.05) is 6.26 Å². The van der Waals surface area contributed by atoms with Crippen LogP contribution in [0.2, 0.25) is 5.02 Å². The summed E-state index contributed by atoms with van der Waals surface area (Å²) >= 11 is 9.31. The number of benzene rings is 2. The molecule has 0 saturated heterocycles. The second-order valence-electron chi connectivity index (χ2n) is 5.73. The minimum absolute atomic E-state index is 0.0617. The van der Waals surface area contributed by atoms with Crippen LogP contribution in [-0.4, -0.2) is 17.0 Å². The maximum atomic E-state index is 12.5. The van der Waals surface area contributed by atoms with Crippen LogP contribution in [0.5, 0.6) is 0 Å². The van der Waals surface area contributed by atoms with E-state index in [9.17, 15) is 4.79 Å². The highest BCUT2D eigenvalue weighted by Gasteiger charge is 2.09. The van der Waals surface area contributed by atoms with Crippen LogP contribution >= 0.6 is 35.1 Å². The molecule has 132 valence electrons. The first kappa shape index (κ1) is 19.0. The molecule has 0 aliphatic rings. The standard InChI is InChI=1S/C21H18ClNOS2/c1-25-19-9-5-15(6-10-19)14-26-20-4-2-3-16(11-20)21(24)12-18-8-7-17(22)13-23-18/h2-11,13H,12,14H2,1H3. The molecule has 0 amide bonds. The number of nitrogens with zero attached hydrogens (tertiary/aromatic N) is 1. The van der Waals surface area contributed by atoms with Gasteiger partial charge in [0.2, 0.25) is 0 Å². The fourth-order valence-corrected chi connectivity index (χ4v) is 3.86. The average molecular weight is 400 g/mol. The topological polar surface area (TPSA) is 30.0 Å². The van der Waals surface area contributed by atoms with Crippen molar-refractivity contribution in [1.29, 1.82) is 0 Å². The number of rotatable bonds is 7. The molecule has 0 bridgehead atoms. The number of ketones is 1. The molecule has 3 aromatic rings. The molecule has 0 aliphatic carbocycles. The molecule has 0 spiro atoms. The summed E-state index contributed by atoms with van der Waals surface area (Å²) in [5.74, 6) is 0.942. The van der Waals surface area contributed by atoms with Crippen LogP contribution < -0.4 is 0 Å². The van der Waals surface area contributed by atoms with Gasteiger partial charge in [-0.2, -0.15) is 0 Å². The Balaban J connectivity index is 1.63. The van der Waals surface area contributed by atoms with Gasteiger partial charge < -0.3 is 0 Å². The largest absolute Gasteiger partial charge is 0.294 e. The molecule has 2 nitrogen and oxygen atoms in total. The van der Waals surface area contributed by atoms with E-state index in [1.54, 1.807) is 41.9 Å². The lowest BCUT2D eigenvalue weighted by Gasteiger charge is -2.06. The van der Waals surface area contributed by atoms with Gasteiger partial charge in [-0.1, -0.05) is 35.9 Å². The Morgan fingerprint density at radius 2 is 1.85 bits per heavy atom. The SMILES string of the molecule is CSc1ccc(CSc2cccc(C(=O)Cc3ccc(Cl)cn3)c2)cc1. The molecule has 0 atom stereocenters. The normalized spacial score (nSPS) is 10.7. The minimum atomic E-state index is 0.0617. The summed E-state index contributed by atoms with van der Waals surface area (Å²) in [6, 6.07) is 19.9. The predicted octanol–water partition coefficient (Wildman–Crippen LogP) is 6.17. The van der Waals surface area contributed by atoms with E-state index in [0.29, 0.717) is 10.6 Å². The van der Waals surface area contributed by atoms with Gasteiger partial charge in [0, 0.05) is 33.0 Å². The van der Waals surface area contributed by atoms with Gasteiger partial charge in [0.1, 0.15) is 0 Å². The van der Waals surface area contributed by atoms with E-state index < -0.39 is 0 Å². The molecule has 1 aromatic heterocycles. The van der Waals surface area contributed by atoms with E-state index in [2.05, 4.69) is 35.5 Å². The molecule has 0 unspecified atom stereocenters.